The average molecular weight is 502 g/mol. The molecule has 0 bridgehead atoms. The molecule has 2 aromatic heterocycles. The zero-order valence-corrected chi connectivity index (χ0v) is 21.4. The minimum atomic E-state index is -0.802. The van der Waals surface area contributed by atoms with E-state index in [0.29, 0.717) is 45.6 Å². The number of halogens is 2. The third kappa shape index (κ3) is 4.27. The number of aromatic nitrogens is 3. The number of carbonyl (C=O) groups is 1. The molecule has 2 aromatic carbocycles. The van der Waals surface area contributed by atoms with E-state index in [1.54, 1.807) is 55.5 Å². The summed E-state index contributed by atoms with van der Waals surface area (Å²) in [5.74, 6) is -1.20. The molecule has 1 amide bonds. The molecule has 0 spiro atoms. The molecular formula is C26H26B2F2N4O3. The van der Waals surface area contributed by atoms with Gasteiger partial charge < -0.3 is 14.4 Å². The summed E-state index contributed by atoms with van der Waals surface area (Å²) in [6, 6.07) is 9.47. The Kier molecular flexibility index (Phi) is 6.27. The number of pyridine rings is 1. The Morgan fingerprint density at radius 1 is 1.14 bits per heavy atom. The molecular weight excluding hydrogens is 476 g/mol. The molecule has 0 N–H and O–H groups in total. The molecule has 1 aliphatic rings. The van der Waals surface area contributed by atoms with E-state index in [2.05, 4.69) is 10.1 Å². The molecule has 0 aliphatic carbocycles. The summed E-state index contributed by atoms with van der Waals surface area (Å²) < 4.78 is 43.6. The number of ether oxygens (including phenoxy) is 2. The van der Waals surface area contributed by atoms with Crippen LogP contribution in [0.1, 0.15) is 28.5 Å². The molecule has 37 heavy (non-hydrogen) atoms. The molecule has 7 nitrogen and oxygen atoms in total. The number of nitrogens with zero attached hydrogens (tertiary/aromatic N) is 4. The molecule has 0 fully saturated rings. The fourth-order valence-corrected chi connectivity index (χ4v) is 4.77. The van der Waals surface area contributed by atoms with Crippen molar-refractivity contribution in [2.45, 2.75) is 24.9 Å². The molecule has 0 saturated heterocycles. The lowest BCUT2D eigenvalue weighted by atomic mass is 9.59. The first kappa shape index (κ1) is 25.0. The summed E-state index contributed by atoms with van der Waals surface area (Å²) in [6.07, 6.45) is 3.29. The maximum atomic E-state index is 15.4. The summed E-state index contributed by atoms with van der Waals surface area (Å²) in [6.45, 7) is 2.01. The van der Waals surface area contributed by atoms with Crippen LogP contribution < -0.4 is 4.74 Å². The second kappa shape index (κ2) is 9.30. The number of hydrogen-bond donors (Lipinski definition) is 0. The summed E-state index contributed by atoms with van der Waals surface area (Å²) >= 11 is 0. The van der Waals surface area contributed by atoms with Crippen molar-refractivity contribution >= 4 is 32.5 Å². The SMILES string of the molecule is BC1(B)c2ncccc2C(=O)N1Cc1c(F)cc(-c2ccc(OC[C@@H](C)OC)c3nn(C)cc23)cc1F. The van der Waals surface area contributed by atoms with Gasteiger partial charge in [0, 0.05) is 42.8 Å². The Hall–Kier alpha value is -3.72. The summed E-state index contributed by atoms with van der Waals surface area (Å²) in [7, 11) is 7.03. The van der Waals surface area contributed by atoms with Crippen LogP contribution in [-0.2, 0) is 23.7 Å². The number of aryl methyl sites for hydroxylation is 1. The van der Waals surface area contributed by atoms with E-state index in [-0.39, 0.29) is 24.1 Å². The van der Waals surface area contributed by atoms with Crippen molar-refractivity contribution in [3.63, 3.8) is 0 Å². The minimum absolute atomic E-state index is 0.106. The van der Waals surface area contributed by atoms with E-state index >= 15 is 8.78 Å². The van der Waals surface area contributed by atoms with E-state index in [4.69, 9.17) is 9.47 Å². The Bertz CT molecular complexity index is 1500. The van der Waals surface area contributed by atoms with Gasteiger partial charge in [-0.05, 0) is 54.4 Å². The summed E-state index contributed by atoms with van der Waals surface area (Å²) in [4.78, 5) is 18.8. The van der Waals surface area contributed by atoms with Crippen LogP contribution in [0, 0.1) is 11.6 Å². The van der Waals surface area contributed by atoms with Crippen molar-refractivity contribution in [3.8, 4) is 16.9 Å². The number of amides is 1. The molecule has 5 rings (SSSR count). The second-order valence-electron chi connectivity index (χ2n) is 9.80. The van der Waals surface area contributed by atoms with Crippen LogP contribution in [0.25, 0.3) is 22.0 Å². The summed E-state index contributed by atoms with van der Waals surface area (Å²) in [5, 5.41) is 4.39. The largest absolute Gasteiger partial charge is 0.489 e. The number of methoxy groups -OCH3 is 1. The topological polar surface area (TPSA) is 69.5 Å². The highest BCUT2D eigenvalue weighted by Gasteiger charge is 2.44. The van der Waals surface area contributed by atoms with Gasteiger partial charge in [-0.25, -0.2) is 8.78 Å². The van der Waals surface area contributed by atoms with E-state index in [1.165, 1.54) is 17.0 Å². The van der Waals surface area contributed by atoms with Crippen molar-refractivity contribution in [1.29, 1.82) is 0 Å². The molecule has 11 heteroatoms. The van der Waals surface area contributed by atoms with Crippen molar-refractivity contribution in [3.05, 3.63) is 77.2 Å². The molecule has 0 radical (unpaired) electrons. The maximum absolute atomic E-state index is 15.4. The molecule has 1 atom stereocenters. The first-order chi connectivity index (χ1) is 17.6. The van der Waals surface area contributed by atoms with Crippen LogP contribution in [-0.4, -0.2) is 61.1 Å². The highest BCUT2D eigenvalue weighted by atomic mass is 19.1. The highest BCUT2D eigenvalue weighted by Crippen LogP contribution is 2.37. The monoisotopic (exact) mass is 502 g/mol. The zero-order valence-electron chi connectivity index (χ0n) is 21.4. The number of benzene rings is 2. The Balaban J connectivity index is 1.49. The Morgan fingerprint density at radius 3 is 2.54 bits per heavy atom. The molecule has 1 aliphatic heterocycles. The predicted molar refractivity (Wildman–Crippen MR) is 141 cm³/mol. The zero-order chi connectivity index (χ0) is 26.5. The van der Waals surface area contributed by atoms with Gasteiger partial charge in [-0.2, -0.15) is 5.10 Å². The molecule has 0 unspecified atom stereocenters. The van der Waals surface area contributed by atoms with Crippen LogP contribution in [0.15, 0.2) is 48.8 Å². The van der Waals surface area contributed by atoms with Crippen LogP contribution in [0.2, 0.25) is 0 Å². The lowest BCUT2D eigenvalue weighted by Crippen LogP contribution is -2.45. The lowest BCUT2D eigenvalue weighted by Gasteiger charge is -2.32. The van der Waals surface area contributed by atoms with Gasteiger partial charge >= 0.3 is 0 Å². The quantitative estimate of drug-likeness (QED) is 0.364. The minimum Gasteiger partial charge on any atom is -0.489 e. The standard InChI is InChI=1S/C26H26B2F2N4O3/c1-14(36-3)13-37-22-7-6-16(18-11-33(2)32-23(18)22)15-9-20(29)19(21(30)10-15)12-34-25(35)17-5-4-8-31-24(17)26(34,27)28/h4-11,14H,12-13,27-28H2,1-3H3/t14-/m1/s1. The van der Waals surface area contributed by atoms with Gasteiger partial charge in [-0.1, -0.05) is 0 Å². The molecule has 0 saturated carbocycles. The highest BCUT2D eigenvalue weighted by molar-refractivity contribution is 6.42. The van der Waals surface area contributed by atoms with Gasteiger partial charge in [0.05, 0.1) is 23.9 Å². The molecule has 3 heterocycles. The number of rotatable bonds is 7. The van der Waals surface area contributed by atoms with Crippen molar-refractivity contribution in [1.82, 2.24) is 19.7 Å². The number of carbonyl (C=O) groups excluding carboxylic acids is 1. The van der Waals surface area contributed by atoms with Gasteiger partial charge in [0.15, 0.2) is 0 Å². The third-order valence-electron chi connectivity index (χ3n) is 6.94. The van der Waals surface area contributed by atoms with Gasteiger partial charge in [0.25, 0.3) is 5.91 Å². The second-order valence-corrected chi connectivity index (χ2v) is 9.80. The van der Waals surface area contributed by atoms with E-state index < -0.39 is 17.0 Å². The summed E-state index contributed by atoms with van der Waals surface area (Å²) in [5.41, 5.74) is 2.45. The van der Waals surface area contributed by atoms with Crippen LogP contribution in [0.3, 0.4) is 0 Å². The van der Waals surface area contributed by atoms with E-state index in [1.807, 2.05) is 22.6 Å². The molecule has 4 aromatic rings. The van der Waals surface area contributed by atoms with Crippen LogP contribution in [0.5, 0.6) is 5.75 Å². The van der Waals surface area contributed by atoms with Gasteiger partial charge in [0.2, 0.25) is 0 Å². The number of fused-ring (bicyclic) bond motifs is 2. The first-order valence-corrected chi connectivity index (χ1v) is 12.0. The average Bonchev–Trinajstić information content (AvgIpc) is 3.35. The normalized spacial score (nSPS) is 15.3. The Labute approximate surface area is 215 Å². The van der Waals surface area contributed by atoms with E-state index in [0.717, 1.165) is 0 Å². The fourth-order valence-electron chi connectivity index (χ4n) is 4.77. The first-order valence-electron chi connectivity index (χ1n) is 12.0. The van der Waals surface area contributed by atoms with Gasteiger partial charge in [-0.15, -0.1) is 0 Å². The lowest BCUT2D eigenvalue weighted by molar-refractivity contribution is 0.0721. The van der Waals surface area contributed by atoms with Crippen LogP contribution >= 0.6 is 0 Å². The van der Waals surface area contributed by atoms with Gasteiger partial charge in [0.1, 0.15) is 45.2 Å². The predicted octanol–water partition coefficient (Wildman–Crippen LogP) is 2.36. The van der Waals surface area contributed by atoms with E-state index in [9.17, 15) is 4.79 Å². The fraction of sp³-hybridized carbons (Fsp3) is 0.269. The van der Waals surface area contributed by atoms with Crippen LogP contribution in [0.4, 0.5) is 8.78 Å². The number of hydrogen-bond acceptors (Lipinski definition) is 5. The Morgan fingerprint density at radius 2 is 1.86 bits per heavy atom. The van der Waals surface area contributed by atoms with Gasteiger partial charge in [-0.3, -0.25) is 14.5 Å². The smallest absolute Gasteiger partial charge is 0.255 e. The van der Waals surface area contributed by atoms with Crippen molar-refractivity contribution in [2.75, 3.05) is 13.7 Å². The van der Waals surface area contributed by atoms with Crippen molar-refractivity contribution < 1.29 is 23.0 Å². The third-order valence-corrected chi connectivity index (χ3v) is 6.94. The van der Waals surface area contributed by atoms with Crippen molar-refractivity contribution in [2.24, 2.45) is 7.05 Å². The molecule has 188 valence electrons. The maximum Gasteiger partial charge on any atom is 0.255 e.